The molecule has 2 amide bonds. The maximum absolute atomic E-state index is 13.1. The van der Waals surface area contributed by atoms with Crippen molar-refractivity contribution in [3.63, 3.8) is 0 Å². The number of amides is 2. The van der Waals surface area contributed by atoms with E-state index in [1.165, 1.54) is 6.07 Å². The maximum atomic E-state index is 13.1. The topological polar surface area (TPSA) is 169 Å². The molecule has 14 nitrogen and oxygen atoms in total. The van der Waals surface area contributed by atoms with Gasteiger partial charge < -0.3 is 38.4 Å². The van der Waals surface area contributed by atoms with Crippen LogP contribution in [0, 0.1) is 17.9 Å². The number of hydrogen-bond acceptors (Lipinski definition) is 11. The van der Waals surface area contributed by atoms with Crippen molar-refractivity contribution in [2.75, 3.05) is 26.2 Å². The molecule has 2 unspecified atom stereocenters. The molecule has 0 saturated carbocycles. The van der Waals surface area contributed by atoms with Crippen LogP contribution in [-0.4, -0.2) is 94.8 Å². The summed E-state index contributed by atoms with van der Waals surface area (Å²) in [5, 5.41) is 16.7. The van der Waals surface area contributed by atoms with Crippen LogP contribution in [0.5, 0.6) is 17.2 Å². The number of carbonyl (C=O) groups excluding carboxylic acids is 4. The van der Waals surface area contributed by atoms with Crippen molar-refractivity contribution in [3.8, 4) is 34.4 Å². The lowest BCUT2D eigenvalue weighted by Crippen LogP contribution is -2.56. The minimum Gasteiger partial charge on any atom is -0.537 e. The van der Waals surface area contributed by atoms with Crippen molar-refractivity contribution in [1.82, 2.24) is 9.80 Å². The third-order valence-corrected chi connectivity index (χ3v) is 11.5. The van der Waals surface area contributed by atoms with Crippen LogP contribution in [0.1, 0.15) is 106 Å². The van der Waals surface area contributed by atoms with Crippen molar-refractivity contribution < 1.29 is 47.8 Å². The summed E-state index contributed by atoms with van der Waals surface area (Å²) < 4.78 is 29.0. The molecule has 2 atom stereocenters. The number of hydrogen-bond donors (Lipinski definition) is 1. The Hall–Kier alpha value is -6.36. The number of carbonyl (C=O) groups is 4. The second-order valence-corrected chi connectivity index (χ2v) is 19.6. The molecule has 0 bridgehead atoms. The molecule has 1 N–H and O–H groups in total. The first kappa shape index (κ1) is 49.1. The van der Waals surface area contributed by atoms with Gasteiger partial charge in [0.15, 0.2) is 17.3 Å². The van der Waals surface area contributed by atoms with Gasteiger partial charge in [0.2, 0.25) is 0 Å². The van der Waals surface area contributed by atoms with Gasteiger partial charge in [0.05, 0.1) is 55.3 Å². The average molecular weight is 961 g/mol. The van der Waals surface area contributed by atoms with Crippen LogP contribution < -0.4 is 14.1 Å². The molecule has 0 aliphatic carbocycles. The van der Waals surface area contributed by atoms with E-state index < -0.39 is 22.4 Å². The summed E-state index contributed by atoms with van der Waals surface area (Å²) in [6, 6.07) is 26.8. The zero-order valence-corrected chi connectivity index (χ0v) is 39.6. The number of halogens is 1. The average Bonchev–Trinajstić information content (AvgIpc) is 3.26. The summed E-state index contributed by atoms with van der Waals surface area (Å²) in [5.41, 5.74) is 1.50. The molecule has 1 radical (unpaired) electrons. The number of fused-ring (bicyclic) bond motifs is 2. The molecular weight excluding hydrogens is 907 g/mol. The van der Waals surface area contributed by atoms with Gasteiger partial charge in [0.1, 0.15) is 39.7 Å². The Balaban J connectivity index is 0.000000182. The molecule has 4 aliphatic rings. The Morgan fingerprint density at radius 2 is 1.30 bits per heavy atom. The molecule has 343 valence electrons. The van der Waals surface area contributed by atoms with Crippen LogP contribution in [0.4, 0.5) is 15.3 Å². The van der Waals surface area contributed by atoms with Crippen molar-refractivity contribution >= 4 is 53.1 Å². The molecular formula is C50H53BBrN4O10. The van der Waals surface area contributed by atoms with Gasteiger partial charge in [0.25, 0.3) is 0 Å². The molecule has 4 aliphatic heterocycles. The standard InChI is InChI=1S/C25H26N2O4.C18H22BrNO4.C7H5BNO2/c1-24(2,3)31-23(29)27-12-6-11-25(16-27)15-21(28)20-14-18(9-10-22(20)30-25)17-7-5-8-19(13-17)26-4;1-17(2,3)24-16(22)20-8-4-7-18(11-20)10-14(21)13-9-12(19)5-6-15(13)23-18;9-5-6-2-1-3-7(4-6)11-8-10/h5,7-10,13-14H,6,11-12,15-16H2,1-3H3;5-6,9H,4,7-8,10-11H2,1-3H3;1-4,10H. The normalized spacial score (nSPS) is 19.7. The van der Waals surface area contributed by atoms with Gasteiger partial charge in [-0.15, -0.1) is 0 Å². The number of nitrogens with zero attached hydrogens (tertiary/aromatic N) is 4. The van der Waals surface area contributed by atoms with Crippen molar-refractivity contribution in [2.24, 2.45) is 0 Å². The van der Waals surface area contributed by atoms with Gasteiger partial charge in [-0.2, -0.15) is 5.26 Å². The molecule has 4 aromatic rings. The van der Waals surface area contributed by atoms with Crippen molar-refractivity contribution in [2.45, 2.75) is 102 Å². The first-order valence-electron chi connectivity index (χ1n) is 21.7. The first-order valence-corrected chi connectivity index (χ1v) is 22.5. The van der Waals surface area contributed by atoms with E-state index in [9.17, 15) is 19.2 Å². The van der Waals surface area contributed by atoms with Gasteiger partial charge in [-0.25, -0.2) is 14.4 Å². The van der Waals surface area contributed by atoms with Crippen LogP contribution in [-0.2, 0) is 9.47 Å². The highest BCUT2D eigenvalue weighted by Gasteiger charge is 2.47. The smallest absolute Gasteiger partial charge is 0.537 e. The molecule has 0 aromatic heterocycles. The van der Waals surface area contributed by atoms with Gasteiger partial charge in [-0.1, -0.05) is 46.3 Å². The Kier molecular flexibility index (Phi) is 15.2. The Morgan fingerprint density at radius 1 is 0.773 bits per heavy atom. The van der Waals surface area contributed by atoms with Crippen LogP contribution in [0.2, 0.25) is 0 Å². The molecule has 8 rings (SSSR count). The first-order chi connectivity index (χ1) is 31.2. The summed E-state index contributed by atoms with van der Waals surface area (Å²) in [7, 11) is 0.580. The lowest BCUT2D eigenvalue weighted by atomic mass is 9.83. The summed E-state index contributed by atoms with van der Waals surface area (Å²) in [4.78, 5) is 57.4. The predicted octanol–water partition coefficient (Wildman–Crippen LogP) is 10.3. The lowest BCUT2D eigenvalue weighted by molar-refractivity contribution is -0.0334. The summed E-state index contributed by atoms with van der Waals surface area (Å²) in [6.45, 7) is 20.2. The Bertz CT molecular complexity index is 2560. The predicted molar refractivity (Wildman–Crippen MR) is 251 cm³/mol. The lowest BCUT2D eigenvalue weighted by Gasteiger charge is -2.44. The largest absolute Gasteiger partial charge is 0.569 e. The van der Waals surface area contributed by atoms with Crippen LogP contribution in [0.15, 0.2) is 89.4 Å². The molecule has 4 heterocycles. The van der Waals surface area contributed by atoms with Crippen LogP contribution in [0.3, 0.4) is 0 Å². The summed E-state index contributed by atoms with van der Waals surface area (Å²) >= 11 is 3.38. The molecule has 16 heteroatoms. The summed E-state index contributed by atoms with van der Waals surface area (Å²) in [6.07, 6.45) is 2.81. The molecule has 2 fully saturated rings. The van der Waals surface area contributed by atoms with Gasteiger partial charge in [-0.3, -0.25) is 9.59 Å². The molecule has 4 aromatic carbocycles. The highest BCUT2D eigenvalue weighted by atomic mass is 79.9. The quantitative estimate of drug-likeness (QED) is 0.153. The highest BCUT2D eigenvalue weighted by Crippen LogP contribution is 2.42. The number of rotatable bonds is 3. The van der Waals surface area contributed by atoms with Gasteiger partial charge >= 0.3 is 19.9 Å². The minimum absolute atomic E-state index is 0.00970. The minimum atomic E-state index is -0.717. The number of likely N-dealkylation sites (tertiary alicyclic amines) is 2. The van der Waals surface area contributed by atoms with E-state index in [2.05, 4.69) is 25.4 Å². The maximum Gasteiger partial charge on any atom is 0.569 e. The van der Waals surface area contributed by atoms with E-state index in [4.69, 9.17) is 35.8 Å². The molecule has 66 heavy (non-hydrogen) atoms. The zero-order valence-electron chi connectivity index (χ0n) is 38.0. The summed E-state index contributed by atoms with van der Waals surface area (Å²) in [5.74, 6) is 1.67. The van der Waals surface area contributed by atoms with E-state index in [0.29, 0.717) is 79.9 Å². The number of nitriles is 1. The fourth-order valence-electron chi connectivity index (χ4n) is 8.21. The van der Waals surface area contributed by atoms with E-state index >= 15 is 0 Å². The SMILES string of the molecule is CC(C)(C)OC(=O)N1CCCC2(CC(=O)c3cc(Br)ccc3O2)C1.N#Cc1cccc(O[B]O)c1.[C-]#[N+]c1cccc(-c2ccc3c(c2)C(=O)CC2(CCCN(C(=O)OC(C)(C)C)C2)O3)c1. The fourth-order valence-corrected chi connectivity index (χ4v) is 8.57. The van der Waals surface area contributed by atoms with E-state index in [1.54, 1.807) is 40.1 Å². The van der Waals surface area contributed by atoms with Crippen molar-refractivity contribution in [3.05, 3.63) is 118 Å². The number of ether oxygens (including phenoxy) is 4. The highest BCUT2D eigenvalue weighted by molar-refractivity contribution is 9.10. The van der Waals surface area contributed by atoms with Crippen molar-refractivity contribution in [1.29, 1.82) is 5.26 Å². The second-order valence-electron chi connectivity index (χ2n) is 18.7. The monoisotopic (exact) mass is 959 g/mol. The van der Waals surface area contributed by atoms with Gasteiger partial charge in [0, 0.05) is 17.6 Å². The fraction of sp³-hybridized carbons (Fsp3) is 0.400. The number of benzene rings is 4. The van der Waals surface area contributed by atoms with Gasteiger partial charge in [-0.05, 0) is 133 Å². The molecule has 2 saturated heterocycles. The zero-order chi connectivity index (χ0) is 47.9. The third kappa shape index (κ3) is 12.7. The number of ketones is 2. The Morgan fingerprint density at radius 3 is 1.83 bits per heavy atom. The third-order valence-electron chi connectivity index (χ3n) is 11.0. The van der Waals surface area contributed by atoms with Crippen LogP contribution >= 0.6 is 15.9 Å². The molecule has 2 spiro atoms. The van der Waals surface area contributed by atoms with Crippen LogP contribution in [0.25, 0.3) is 16.0 Å². The second kappa shape index (κ2) is 20.4. The number of piperidine rings is 2. The Labute approximate surface area is 395 Å². The van der Waals surface area contributed by atoms with E-state index in [-0.39, 0.29) is 36.6 Å². The number of Topliss-reactive ketones (excluding diaryl/α,β-unsaturated/α-hetero) is 2. The van der Waals surface area contributed by atoms with E-state index in [1.807, 2.05) is 96.1 Å². The van der Waals surface area contributed by atoms with E-state index in [0.717, 1.165) is 34.9 Å².